The minimum absolute atomic E-state index is 0.0441. The SMILES string of the molecule is O=C(O)CSC1CC(=O)OCCCCCCCCOC(=O)C(SCCCOC(=O)CCSC2CC(=O)OCCCCCCCCOC(=O)C(SCC(=O)O)CC(=O)OCCCCCCCCOC2=O)CC(=O)OCCCCCCCCOC1=O. The quantitative estimate of drug-likeness (QED) is 0.0876. The highest BCUT2D eigenvalue weighted by Crippen LogP contribution is 2.24. The number of cyclic esters (lactones) is 8. The van der Waals surface area contributed by atoms with Crippen molar-refractivity contribution in [3.8, 4) is 0 Å². The van der Waals surface area contributed by atoms with Crippen molar-refractivity contribution in [3.63, 3.8) is 0 Å². The molecule has 2 aliphatic heterocycles. The zero-order valence-electron chi connectivity index (χ0n) is 48.9. The minimum Gasteiger partial charge on any atom is -0.481 e. The predicted molar refractivity (Wildman–Crippen MR) is 317 cm³/mol. The number of thioether (sulfide) groups is 4. The molecule has 0 radical (unpaired) electrons. The Morgan fingerprint density at radius 3 is 0.857 bits per heavy atom. The fourth-order valence-electron chi connectivity index (χ4n) is 8.31. The van der Waals surface area contributed by atoms with Gasteiger partial charge in [0.25, 0.3) is 0 Å². The van der Waals surface area contributed by atoms with Crippen molar-refractivity contribution in [2.24, 2.45) is 0 Å². The average molecular weight is 1270 g/mol. The third kappa shape index (κ3) is 42.4. The first-order valence-electron chi connectivity index (χ1n) is 30.0. The summed E-state index contributed by atoms with van der Waals surface area (Å²) in [7, 11) is 0. The minimum atomic E-state index is -1.11. The molecule has 22 nitrogen and oxygen atoms in total. The normalized spacial score (nSPS) is 23.0. The number of hydrogen-bond acceptors (Lipinski definition) is 24. The molecule has 2 rings (SSSR count). The van der Waals surface area contributed by atoms with Crippen LogP contribution in [0.1, 0.15) is 193 Å². The molecule has 84 heavy (non-hydrogen) atoms. The molecule has 0 amide bonds. The molecule has 4 atom stereocenters. The van der Waals surface area contributed by atoms with Crippen molar-refractivity contribution in [1.29, 1.82) is 0 Å². The highest BCUT2D eigenvalue weighted by Gasteiger charge is 2.29. The Hall–Kier alpha value is -4.43. The molecule has 0 aromatic rings. The maximum Gasteiger partial charge on any atom is 0.319 e. The summed E-state index contributed by atoms with van der Waals surface area (Å²) in [5, 5.41) is 14.5. The lowest BCUT2D eigenvalue weighted by Gasteiger charge is -2.16. The first-order valence-corrected chi connectivity index (χ1v) is 34.2. The zero-order chi connectivity index (χ0) is 61.3. The molecule has 0 aliphatic carbocycles. The summed E-state index contributed by atoms with van der Waals surface area (Å²) in [5.41, 5.74) is 0. The van der Waals surface area contributed by atoms with E-state index in [9.17, 15) is 52.7 Å². The number of rotatable bonds is 15. The first kappa shape index (κ1) is 75.7. The molecular weight excluding hydrogens is 1180 g/mol. The van der Waals surface area contributed by atoms with Crippen LogP contribution < -0.4 is 0 Å². The Morgan fingerprint density at radius 2 is 0.583 bits per heavy atom. The van der Waals surface area contributed by atoms with Crippen LogP contribution in [0.25, 0.3) is 0 Å². The van der Waals surface area contributed by atoms with E-state index in [4.69, 9.17) is 52.8 Å². The third-order valence-electron chi connectivity index (χ3n) is 13.0. The molecule has 26 heteroatoms. The Kier molecular flexibility index (Phi) is 45.7. The highest BCUT2D eigenvalue weighted by molar-refractivity contribution is 8.01. The van der Waals surface area contributed by atoms with Crippen LogP contribution in [0.3, 0.4) is 0 Å². The van der Waals surface area contributed by atoms with E-state index in [0.29, 0.717) is 63.5 Å². The summed E-state index contributed by atoms with van der Waals surface area (Å²) in [6, 6.07) is 0. The second-order valence-corrected chi connectivity index (χ2v) is 25.3. The number of esters is 9. The number of ether oxygens (including phenoxy) is 9. The summed E-state index contributed by atoms with van der Waals surface area (Å²) in [6.07, 6.45) is 17.0. The molecule has 2 N–H and O–H groups in total. The van der Waals surface area contributed by atoms with Gasteiger partial charge in [0.05, 0.1) is 103 Å². The van der Waals surface area contributed by atoms with Gasteiger partial charge in [-0.3, -0.25) is 52.7 Å². The van der Waals surface area contributed by atoms with Gasteiger partial charge in [0, 0.05) is 5.75 Å². The largest absolute Gasteiger partial charge is 0.481 e. The van der Waals surface area contributed by atoms with E-state index >= 15 is 0 Å². The van der Waals surface area contributed by atoms with Gasteiger partial charge in [-0.2, -0.15) is 0 Å². The molecule has 2 heterocycles. The number of aliphatic carboxylic acids is 2. The van der Waals surface area contributed by atoms with Crippen molar-refractivity contribution in [2.75, 3.05) is 82.5 Å². The van der Waals surface area contributed by atoms with Gasteiger partial charge in [0.15, 0.2) is 0 Å². The number of carboxylic acid groups (broad SMARTS) is 2. The van der Waals surface area contributed by atoms with Gasteiger partial charge in [-0.05, 0) is 63.5 Å². The summed E-state index contributed by atoms with van der Waals surface area (Å²) >= 11 is 4.01. The molecule has 4 unspecified atom stereocenters. The summed E-state index contributed by atoms with van der Waals surface area (Å²) < 4.78 is 48.9. The molecule has 0 saturated carbocycles. The van der Waals surface area contributed by atoms with Gasteiger partial charge < -0.3 is 52.8 Å². The molecule has 2 saturated heterocycles. The number of carbonyl (C=O) groups excluding carboxylic acids is 9. The van der Waals surface area contributed by atoms with Crippen LogP contribution in [-0.4, -0.2) is 179 Å². The van der Waals surface area contributed by atoms with Crippen LogP contribution in [-0.2, 0) is 95.4 Å². The Bertz CT molecular complexity index is 1940. The van der Waals surface area contributed by atoms with Gasteiger partial charge in [0.1, 0.15) is 21.0 Å². The average Bonchev–Trinajstić information content (AvgIpc) is 3.47. The summed E-state index contributed by atoms with van der Waals surface area (Å²) in [6.45, 7) is 1.29. The molecule has 480 valence electrons. The molecule has 2 fully saturated rings. The van der Waals surface area contributed by atoms with Crippen LogP contribution >= 0.6 is 47.0 Å². The smallest absolute Gasteiger partial charge is 0.319 e. The lowest BCUT2D eigenvalue weighted by Crippen LogP contribution is -2.26. The zero-order valence-corrected chi connectivity index (χ0v) is 52.2. The lowest BCUT2D eigenvalue weighted by molar-refractivity contribution is -0.150. The molecule has 0 spiro atoms. The van der Waals surface area contributed by atoms with Crippen molar-refractivity contribution in [3.05, 3.63) is 0 Å². The van der Waals surface area contributed by atoms with E-state index < -0.39 is 86.7 Å². The maximum atomic E-state index is 13.3. The fraction of sp³-hybridized carbons (Fsp3) is 0.810. The Morgan fingerprint density at radius 1 is 0.345 bits per heavy atom. The van der Waals surface area contributed by atoms with Crippen molar-refractivity contribution >= 4 is 113 Å². The lowest BCUT2D eigenvalue weighted by atomic mass is 10.1. The van der Waals surface area contributed by atoms with Crippen molar-refractivity contribution in [1.82, 2.24) is 0 Å². The van der Waals surface area contributed by atoms with Gasteiger partial charge >= 0.3 is 65.7 Å². The third-order valence-corrected chi connectivity index (χ3v) is 17.8. The van der Waals surface area contributed by atoms with Gasteiger partial charge in [-0.25, -0.2) is 0 Å². The van der Waals surface area contributed by atoms with Crippen LogP contribution in [0.2, 0.25) is 0 Å². The van der Waals surface area contributed by atoms with Crippen LogP contribution in [0.5, 0.6) is 0 Å². The monoisotopic (exact) mass is 1270 g/mol. The standard InChI is InChI=1S/C58H92O22S4/c59-48(60)42-83-46-40-53(66)75-29-19-11-1-5-13-21-31-77-55(68)44(38-51(64)73-27-17-9-3-7-15-23-33-79-57(46)70)81-36-25-35-72-50(63)26-37-82-45-39-52(65)74-28-18-10-4-8-16-24-34-80-58(71)47(84-43-49(61)62)41-54(67)76-30-20-12-2-6-14-22-32-78-56(45)69/h44-47H,1-43H2,(H,59,60)(H,61,62). The molecule has 0 aromatic carbocycles. The van der Waals surface area contributed by atoms with Gasteiger partial charge in [-0.15, -0.1) is 47.0 Å². The Labute approximate surface area is 511 Å². The molecule has 0 aromatic heterocycles. The fourth-order valence-corrected chi connectivity index (χ4v) is 12.0. The maximum absolute atomic E-state index is 13.3. The van der Waals surface area contributed by atoms with Crippen LogP contribution in [0.4, 0.5) is 0 Å². The second-order valence-electron chi connectivity index (χ2n) is 20.3. The van der Waals surface area contributed by atoms with Gasteiger partial charge in [-0.1, -0.05) is 103 Å². The second kappa shape index (κ2) is 50.7. The molecule has 2 aliphatic rings. The van der Waals surface area contributed by atoms with E-state index in [-0.39, 0.29) is 109 Å². The van der Waals surface area contributed by atoms with Crippen molar-refractivity contribution < 1.29 is 106 Å². The molecule has 0 bridgehead atoms. The van der Waals surface area contributed by atoms with Crippen LogP contribution in [0, 0.1) is 0 Å². The van der Waals surface area contributed by atoms with E-state index in [1.165, 1.54) is 11.8 Å². The summed E-state index contributed by atoms with van der Waals surface area (Å²) in [5.74, 6) is -7.56. The Balaban J connectivity index is 1.85. The van der Waals surface area contributed by atoms with E-state index in [2.05, 4.69) is 0 Å². The van der Waals surface area contributed by atoms with Crippen LogP contribution in [0.15, 0.2) is 0 Å². The van der Waals surface area contributed by atoms with E-state index in [1.54, 1.807) is 0 Å². The topological polar surface area (TPSA) is 311 Å². The number of hydrogen-bond donors (Lipinski definition) is 2. The van der Waals surface area contributed by atoms with E-state index in [0.717, 1.165) is 138 Å². The molecular formula is C58H92O22S4. The highest BCUT2D eigenvalue weighted by atomic mass is 32.2. The van der Waals surface area contributed by atoms with Crippen molar-refractivity contribution in [2.45, 2.75) is 214 Å². The predicted octanol–water partition coefficient (Wildman–Crippen LogP) is 9.18. The van der Waals surface area contributed by atoms with E-state index in [1.807, 2.05) is 0 Å². The summed E-state index contributed by atoms with van der Waals surface area (Å²) in [4.78, 5) is 138. The number of carbonyl (C=O) groups is 11. The van der Waals surface area contributed by atoms with Gasteiger partial charge in [0.2, 0.25) is 0 Å². The first-order chi connectivity index (χ1) is 40.6. The number of carboxylic acids is 2.